The third-order valence-corrected chi connectivity index (χ3v) is 2.35. The molecule has 0 spiro atoms. The number of hydrogen-bond donors (Lipinski definition) is 1. The molecule has 2 N–H and O–H groups in total. The molecule has 0 aliphatic carbocycles. The SMILES string of the molecule is CC(CN)CN(C)c1ncc(Br)cn1. The van der Waals surface area contributed by atoms with Gasteiger partial charge in [-0.3, -0.25) is 0 Å². The number of anilines is 1. The first-order valence-electron chi connectivity index (χ1n) is 4.52. The van der Waals surface area contributed by atoms with Gasteiger partial charge < -0.3 is 10.6 Å². The highest BCUT2D eigenvalue weighted by Crippen LogP contribution is 2.10. The van der Waals surface area contributed by atoms with Crippen molar-refractivity contribution in [3.05, 3.63) is 16.9 Å². The third kappa shape index (κ3) is 3.23. The van der Waals surface area contributed by atoms with Gasteiger partial charge in [0.1, 0.15) is 0 Å². The zero-order chi connectivity index (χ0) is 10.6. The molecule has 1 aromatic heterocycles. The van der Waals surface area contributed by atoms with Crippen LogP contribution in [0, 0.1) is 5.92 Å². The Morgan fingerprint density at radius 3 is 2.57 bits per heavy atom. The van der Waals surface area contributed by atoms with Crippen LogP contribution in [0.3, 0.4) is 0 Å². The lowest BCUT2D eigenvalue weighted by Crippen LogP contribution is -2.29. The Morgan fingerprint density at radius 1 is 1.50 bits per heavy atom. The van der Waals surface area contributed by atoms with Crippen molar-refractivity contribution in [2.24, 2.45) is 11.7 Å². The van der Waals surface area contributed by atoms with E-state index in [1.807, 2.05) is 11.9 Å². The molecule has 4 nitrogen and oxygen atoms in total. The maximum Gasteiger partial charge on any atom is 0.225 e. The summed E-state index contributed by atoms with van der Waals surface area (Å²) in [6.45, 7) is 3.66. The summed E-state index contributed by atoms with van der Waals surface area (Å²) < 4.78 is 0.890. The molecule has 1 aromatic rings. The van der Waals surface area contributed by atoms with Gasteiger partial charge >= 0.3 is 0 Å². The van der Waals surface area contributed by atoms with Gasteiger partial charge in [-0.2, -0.15) is 0 Å². The third-order valence-electron chi connectivity index (χ3n) is 1.94. The van der Waals surface area contributed by atoms with Crippen molar-refractivity contribution in [3.63, 3.8) is 0 Å². The van der Waals surface area contributed by atoms with Gasteiger partial charge in [0.15, 0.2) is 0 Å². The first-order chi connectivity index (χ1) is 6.63. The predicted octanol–water partition coefficient (Wildman–Crippen LogP) is 1.27. The van der Waals surface area contributed by atoms with E-state index in [4.69, 9.17) is 5.73 Å². The highest BCUT2D eigenvalue weighted by molar-refractivity contribution is 9.10. The Hall–Kier alpha value is -0.680. The number of rotatable bonds is 4. The van der Waals surface area contributed by atoms with Crippen LogP contribution < -0.4 is 10.6 Å². The largest absolute Gasteiger partial charge is 0.344 e. The van der Waals surface area contributed by atoms with Gasteiger partial charge in [0.05, 0.1) is 4.47 Å². The number of aromatic nitrogens is 2. The van der Waals surface area contributed by atoms with E-state index < -0.39 is 0 Å². The van der Waals surface area contributed by atoms with E-state index in [9.17, 15) is 0 Å². The van der Waals surface area contributed by atoms with Crippen LogP contribution >= 0.6 is 15.9 Å². The van der Waals surface area contributed by atoms with E-state index in [1.54, 1.807) is 12.4 Å². The second kappa shape index (κ2) is 5.26. The van der Waals surface area contributed by atoms with E-state index in [2.05, 4.69) is 32.8 Å². The maximum absolute atomic E-state index is 5.55. The van der Waals surface area contributed by atoms with Crippen molar-refractivity contribution in [2.45, 2.75) is 6.92 Å². The van der Waals surface area contributed by atoms with Crippen LogP contribution in [-0.4, -0.2) is 30.1 Å². The lowest BCUT2D eigenvalue weighted by molar-refractivity contribution is 0.584. The standard InChI is InChI=1S/C9H15BrN4/c1-7(3-11)6-14(2)9-12-4-8(10)5-13-9/h4-5,7H,3,6,11H2,1-2H3. The van der Waals surface area contributed by atoms with Crippen molar-refractivity contribution in [1.82, 2.24) is 9.97 Å². The number of nitrogens with two attached hydrogens (primary N) is 1. The molecule has 0 saturated carbocycles. The molecule has 0 saturated heterocycles. The van der Waals surface area contributed by atoms with Gasteiger partial charge in [-0.1, -0.05) is 6.92 Å². The molecule has 0 aliphatic heterocycles. The Labute approximate surface area is 92.7 Å². The van der Waals surface area contributed by atoms with Crippen LogP contribution in [-0.2, 0) is 0 Å². The highest BCUT2D eigenvalue weighted by atomic mass is 79.9. The molecule has 1 unspecified atom stereocenters. The number of nitrogens with zero attached hydrogens (tertiary/aromatic N) is 3. The van der Waals surface area contributed by atoms with Gasteiger partial charge in [-0.15, -0.1) is 0 Å². The Balaban J connectivity index is 2.60. The van der Waals surface area contributed by atoms with Crippen LogP contribution in [0.15, 0.2) is 16.9 Å². The van der Waals surface area contributed by atoms with Crippen molar-refractivity contribution < 1.29 is 0 Å². The molecular formula is C9H15BrN4. The Bertz CT molecular complexity index is 275. The van der Waals surface area contributed by atoms with Crippen LogP contribution in [0.1, 0.15) is 6.92 Å². The van der Waals surface area contributed by atoms with E-state index in [-0.39, 0.29) is 0 Å². The molecule has 14 heavy (non-hydrogen) atoms. The molecule has 1 atom stereocenters. The summed E-state index contributed by atoms with van der Waals surface area (Å²) >= 11 is 3.30. The molecule has 0 aliphatic rings. The van der Waals surface area contributed by atoms with Crippen LogP contribution in [0.5, 0.6) is 0 Å². The summed E-state index contributed by atoms with van der Waals surface area (Å²) in [6, 6.07) is 0. The molecule has 78 valence electrons. The van der Waals surface area contributed by atoms with Gasteiger partial charge in [0, 0.05) is 26.0 Å². The molecule has 1 heterocycles. The minimum atomic E-state index is 0.451. The Morgan fingerprint density at radius 2 is 2.07 bits per heavy atom. The summed E-state index contributed by atoms with van der Waals surface area (Å²) in [4.78, 5) is 10.4. The van der Waals surface area contributed by atoms with Crippen LogP contribution in [0.25, 0.3) is 0 Å². The summed E-state index contributed by atoms with van der Waals surface area (Å²) in [5, 5.41) is 0. The minimum absolute atomic E-state index is 0.451. The lowest BCUT2D eigenvalue weighted by atomic mass is 10.2. The lowest BCUT2D eigenvalue weighted by Gasteiger charge is -2.20. The molecule has 5 heteroatoms. The van der Waals surface area contributed by atoms with Gasteiger partial charge in [0.25, 0.3) is 0 Å². The van der Waals surface area contributed by atoms with Crippen molar-refractivity contribution in [1.29, 1.82) is 0 Å². The first-order valence-corrected chi connectivity index (χ1v) is 5.31. The van der Waals surface area contributed by atoms with Crippen LogP contribution in [0.2, 0.25) is 0 Å². The second-order valence-electron chi connectivity index (χ2n) is 3.42. The number of hydrogen-bond acceptors (Lipinski definition) is 4. The topological polar surface area (TPSA) is 55.0 Å². The zero-order valence-electron chi connectivity index (χ0n) is 8.44. The fourth-order valence-electron chi connectivity index (χ4n) is 1.13. The maximum atomic E-state index is 5.55. The smallest absolute Gasteiger partial charge is 0.225 e. The quantitative estimate of drug-likeness (QED) is 0.884. The second-order valence-corrected chi connectivity index (χ2v) is 4.34. The van der Waals surface area contributed by atoms with E-state index in [1.165, 1.54) is 0 Å². The first kappa shape index (κ1) is 11.4. The van der Waals surface area contributed by atoms with Gasteiger partial charge in [-0.05, 0) is 28.4 Å². The highest BCUT2D eigenvalue weighted by Gasteiger charge is 2.07. The van der Waals surface area contributed by atoms with E-state index in [0.29, 0.717) is 12.5 Å². The monoisotopic (exact) mass is 258 g/mol. The van der Waals surface area contributed by atoms with Crippen molar-refractivity contribution in [3.8, 4) is 0 Å². The zero-order valence-corrected chi connectivity index (χ0v) is 10.0. The molecular weight excluding hydrogens is 244 g/mol. The summed E-state index contributed by atoms with van der Waals surface area (Å²) in [7, 11) is 1.97. The molecule has 0 bridgehead atoms. The summed E-state index contributed by atoms with van der Waals surface area (Å²) in [6.07, 6.45) is 3.48. The average Bonchev–Trinajstić information content (AvgIpc) is 2.18. The molecule has 0 fully saturated rings. The van der Waals surface area contributed by atoms with Crippen LogP contribution in [0.4, 0.5) is 5.95 Å². The minimum Gasteiger partial charge on any atom is -0.344 e. The molecule has 0 aromatic carbocycles. The predicted molar refractivity (Wildman–Crippen MR) is 61.2 cm³/mol. The average molecular weight is 259 g/mol. The van der Waals surface area contributed by atoms with Crippen molar-refractivity contribution in [2.75, 3.05) is 25.0 Å². The van der Waals surface area contributed by atoms with E-state index >= 15 is 0 Å². The molecule has 0 radical (unpaired) electrons. The molecule has 0 amide bonds. The summed E-state index contributed by atoms with van der Waals surface area (Å²) in [5.41, 5.74) is 5.55. The molecule has 1 rings (SSSR count). The van der Waals surface area contributed by atoms with Crippen molar-refractivity contribution >= 4 is 21.9 Å². The Kier molecular flexibility index (Phi) is 4.28. The van der Waals surface area contributed by atoms with Gasteiger partial charge in [-0.25, -0.2) is 9.97 Å². The van der Waals surface area contributed by atoms with Gasteiger partial charge in [0.2, 0.25) is 5.95 Å². The number of halogens is 1. The fourth-order valence-corrected chi connectivity index (χ4v) is 1.33. The summed E-state index contributed by atoms with van der Waals surface area (Å²) in [5.74, 6) is 1.18. The van der Waals surface area contributed by atoms with E-state index in [0.717, 1.165) is 17.0 Å². The normalized spacial score (nSPS) is 12.6. The fraction of sp³-hybridized carbons (Fsp3) is 0.556.